The van der Waals surface area contributed by atoms with E-state index in [0.717, 1.165) is 50.0 Å². The van der Waals surface area contributed by atoms with Crippen LogP contribution in [0.2, 0.25) is 0 Å². The van der Waals surface area contributed by atoms with Gasteiger partial charge in [0.2, 0.25) is 0 Å². The Balaban J connectivity index is 0.000000461. The van der Waals surface area contributed by atoms with Gasteiger partial charge in [0.25, 0.3) is 0 Å². The summed E-state index contributed by atoms with van der Waals surface area (Å²) in [5.41, 5.74) is 9.20. The summed E-state index contributed by atoms with van der Waals surface area (Å²) in [7, 11) is 0. The third-order valence-electron chi connectivity index (χ3n) is 2.38. The minimum atomic E-state index is 0.722. The number of hydrogen-bond acceptors (Lipinski definition) is 3. The van der Waals surface area contributed by atoms with Crippen LogP contribution in [0.1, 0.15) is 12.5 Å². The molecule has 3 N–H and O–H groups in total. The molecule has 3 nitrogen and oxygen atoms in total. The first-order chi connectivity index (χ1) is 6.77. The summed E-state index contributed by atoms with van der Waals surface area (Å²) in [6.45, 7) is 3.29. The molecule has 0 bridgehead atoms. The Kier molecular flexibility index (Phi) is 4.27. The standard InChI is InChI=1S/C10H14N2.O.Pt/c1-7-5-8-3-2-4-9(11)10(8)12-6-7;;/h2-4,7,12H,5-6,11H2,1H3;;. The number of nitrogens with two attached hydrogens (primary N) is 1. The molecule has 0 spiro atoms. The number of hydrogen-bond donors (Lipinski definition) is 2. The van der Waals surface area contributed by atoms with Gasteiger partial charge in [-0.3, -0.25) is 0 Å². The predicted molar refractivity (Wildman–Crippen MR) is 52.9 cm³/mol. The molecule has 4 heteroatoms. The zero-order valence-electron chi connectivity index (χ0n) is 8.03. The van der Waals surface area contributed by atoms with Crippen LogP contribution in [0.15, 0.2) is 18.2 Å². The van der Waals surface area contributed by atoms with Crippen molar-refractivity contribution in [2.75, 3.05) is 17.6 Å². The Morgan fingerprint density at radius 1 is 1.50 bits per heavy atom. The minimum absolute atomic E-state index is 0.722. The van der Waals surface area contributed by atoms with Crippen LogP contribution in [0, 0.1) is 5.92 Å². The van der Waals surface area contributed by atoms with E-state index < -0.39 is 0 Å². The topological polar surface area (TPSA) is 55.1 Å². The van der Waals surface area contributed by atoms with Crippen molar-refractivity contribution in [3.8, 4) is 0 Å². The van der Waals surface area contributed by atoms with E-state index in [9.17, 15) is 0 Å². The predicted octanol–water partition coefficient (Wildman–Crippen LogP) is 1.75. The molecule has 1 heterocycles. The van der Waals surface area contributed by atoms with E-state index in [1.54, 1.807) is 0 Å². The Morgan fingerprint density at radius 3 is 2.93 bits per heavy atom. The summed E-state index contributed by atoms with van der Waals surface area (Å²) in [6.07, 6.45) is 1.15. The molecule has 0 saturated heterocycles. The molecule has 0 aromatic heterocycles. The molecule has 1 unspecified atom stereocenters. The van der Waals surface area contributed by atoms with Gasteiger partial charge in [0.05, 0.1) is 11.4 Å². The summed E-state index contributed by atoms with van der Waals surface area (Å²) in [5, 5.41) is 3.36. The van der Waals surface area contributed by atoms with E-state index in [4.69, 9.17) is 9.13 Å². The van der Waals surface area contributed by atoms with Crippen LogP contribution in [0.25, 0.3) is 0 Å². The SMILES string of the molecule is CC1CNc2c(N)cccc2C1.[O]=[Pt]. The van der Waals surface area contributed by atoms with Crippen LogP contribution in [-0.2, 0) is 29.6 Å². The van der Waals surface area contributed by atoms with Gasteiger partial charge in [-0.15, -0.1) is 0 Å². The summed E-state index contributed by atoms with van der Waals surface area (Å²) < 4.78 is 8.22. The van der Waals surface area contributed by atoms with Gasteiger partial charge >= 0.3 is 23.2 Å². The number of benzene rings is 1. The Morgan fingerprint density at radius 2 is 2.21 bits per heavy atom. The summed E-state index contributed by atoms with van der Waals surface area (Å²) >= 11 is 0.889. The molecule has 1 aromatic carbocycles. The Bertz CT molecular complexity index is 317. The zero-order chi connectivity index (χ0) is 10.6. The van der Waals surface area contributed by atoms with Crippen molar-refractivity contribution >= 4 is 11.4 Å². The Hall–Kier alpha value is -0.692. The number of rotatable bonds is 0. The molecular weight excluding hydrogens is 359 g/mol. The molecule has 0 amide bonds. The maximum atomic E-state index is 8.22. The van der Waals surface area contributed by atoms with Gasteiger partial charge in [0, 0.05) is 6.54 Å². The second kappa shape index (κ2) is 5.25. The van der Waals surface area contributed by atoms with E-state index >= 15 is 0 Å². The molecule has 80 valence electrons. The van der Waals surface area contributed by atoms with Gasteiger partial charge in [0.15, 0.2) is 0 Å². The van der Waals surface area contributed by atoms with Crippen molar-refractivity contribution in [1.82, 2.24) is 0 Å². The van der Waals surface area contributed by atoms with Crippen molar-refractivity contribution in [2.45, 2.75) is 13.3 Å². The number of nitrogens with one attached hydrogen (secondary N) is 1. The zero-order valence-corrected chi connectivity index (χ0v) is 10.3. The quantitative estimate of drug-likeness (QED) is 0.682. The number of nitrogen functional groups attached to an aromatic ring is 1. The van der Waals surface area contributed by atoms with Crippen LogP contribution in [-0.4, -0.2) is 6.54 Å². The van der Waals surface area contributed by atoms with Crippen LogP contribution in [0.3, 0.4) is 0 Å². The van der Waals surface area contributed by atoms with Crippen LogP contribution in [0.4, 0.5) is 11.4 Å². The summed E-state index contributed by atoms with van der Waals surface area (Å²) in [4.78, 5) is 0. The van der Waals surface area contributed by atoms with E-state index in [-0.39, 0.29) is 0 Å². The first kappa shape index (κ1) is 11.4. The van der Waals surface area contributed by atoms with Gasteiger partial charge in [-0.05, 0) is 24.0 Å². The molecule has 1 aliphatic heterocycles. The molecule has 0 fully saturated rings. The van der Waals surface area contributed by atoms with E-state index in [2.05, 4.69) is 18.3 Å². The van der Waals surface area contributed by atoms with Gasteiger partial charge < -0.3 is 11.1 Å². The van der Waals surface area contributed by atoms with Gasteiger partial charge in [0.1, 0.15) is 0 Å². The third-order valence-corrected chi connectivity index (χ3v) is 2.38. The van der Waals surface area contributed by atoms with Crippen LogP contribution >= 0.6 is 0 Å². The average molecular weight is 373 g/mol. The van der Waals surface area contributed by atoms with Gasteiger partial charge in [-0.2, -0.15) is 0 Å². The van der Waals surface area contributed by atoms with Gasteiger partial charge in [-0.25, -0.2) is 0 Å². The number of fused-ring (bicyclic) bond motifs is 1. The van der Waals surface area contributed by atoms with Crippen molar-refractivity contribution < 1.29 is 23.2 Å². The summed E-state index contributed by atoms with van der Waals surface area (Å²) in [5.74, 6) is 0.722. The normalized spacial score (nSPS) is 18.6. The first-order valence-corrected chi connectivity index (χ1v) is 5.44. The average Bonchev–Trinajstić information content (AvgIpc) is 2.21. The van der Waals surface area contributed by atoms with Crippen molar-refractivity contribution in [1.29, 1.82) is 0 Å². The summed E-state index contributed by atoms with van der Waals surface area (Å²) in [6, 6.07) is 6.12. The molecule has 1 aromatic rings. The van der Waals surface area contributed by atoms with Crippen molar-refractivity contribution in [2.24, 2.45) is 5.92 Å². The van der Waals surface area contributed by atoms with E-state index in [0.29, 0.717) is 0 Å². The van der Waals surface area contributed by atoms with Crippen molar-refractivity contribution in [3.05, 3.63) is 23.8 Å². The van der Waals surface area contributed by atoms with Crippen LogP contribution < -0.4 is 11.1 Å². The fourth-order valence-corrected chi connectivity index (χ4v) is 1.73. The molecule has 0 saturated carbocycles. The van der Waals surface area contributed by atoms with Crippen LogP contribution in [0.5, 0.6) is 0 Å². The molecule has 1 aliphatic rings. The molecule has 1 atom stereocenters. The molecule has 14 heavy (non-hydrogen) atoms. The molecular formula is C10H14N2OPt. The van der Waals surface area contributed by atoms with E-state index in [1.807, 2.05) is 12.1 Å². The second-order valence-electron chi connectivity index (χ2n) is 3.57. The van der Waals surface area contributed by atoms with Crippen molar-refractivity contribution in [3.63, 3.8) is 0 Å². The second-order valence-corrected chi connectivity index (χ2v) is 3.57. The fraction of sp³-hybridized carbons (Fsp3) is 0.400. The number of para-hydroxylation sites is 1. The molecule has 0 aliphatic carbocycles. The number of anilines is 2. The third kappa shape index (κ3) is 2.41. The van der Waals surface area contributed by atoms with E-state index in [1.165, 1.54) is 5.56 Å². The molecule has 2 rings (SSSR count). The first-order valence-electron chi connectivity index (χ1n) is 4.51. The Labute approximate surface area is 95.3 Å². The maximum absolute atomic E-state index is 8.22. The molecule has 0 radical (unpaired) electrons. The monoisotopic (exact) mass is 373 g/mol. The fourth-order valence-electron chi connectivity index (χ4n) is 1.73. The van der Waals surface area contributed by atoms with Gasteiger partial charge in [-0.1, -0.05) is 19.1 Å².